The molecule has 0 saturated heterocycles. The summed E-state index contributed by atoms with van der Waals surface area (Å²) in [5.41, 5.74) is 2.31. The molecule has 0 saturated carbocycles. The van der Waals surface area contributed by atoms with Crippen molar-refractivity contribution in [1.29, 1.82) is 0 Å². The van der Waals surface area contributed by atoms with Gasteiger partial charge in [0.15, 0.2) is 0 Å². The number of nitrogens with one attached hydrogen (secondary N) is 1. The molecule has 0 radical (unpaired) electrons. The number of amides is 1. The summed E-state index contributed by atoms with van der Waals surface area (Å²) in [7, 11) is 0. The SMILES string of the molecule is CCc1c(C(=O)NCC(=O)O)cnn1Cc1ccccc1. The number of benzene rings is 1. The third kappa shape index (κ3) is 3.68. The van der Waals surface area contributed by atoms with Crippen molar-refractivity contribution >= 4 is 11.9 Å². The molecule has 2 N–H and O–H groups in total. The topological polar surface area (TPSA) is 84.2 Å². The van der Waals surface area contributed by atoms with E-state index in [2.05, 4.69) is 10.4 Å². The summed E-state index contributed by atoms with van der Waals surface area (Å²) in [5, 5.41) is 15.2. The number of rotatable bonds is 6. The molecule has 0 aliphatic heterocycles. The van der Waals surface area contributed by atoms with Crippen molar-refractivity contribution in [1.82, 2.24) is 15.1 Å². The molecular formula is C15H17N3O3. The van der Waals surface area contributed by atoms with E-state index >= 15 is 0 Å². The summed E-state index contributed by atoms with van der Waals surface area (Å²) in [5.74, 6) is -1.48. The zero-order valence-electron chi connectivity index (χ0n) is 11.7. The van der Waals surface area contributed by atoms with Crippen LogP contribution in [-0.4, -0.2) is 33.3 Å². The fourth-order valence-corrected chi connectivity index (χ4v) is 2.12. The van der Waals surface area contributed by atoms with Gasteiger partial charge in [0, 0.05) is 0 Å². The summed E-state index contributed by atoms with van der Waals surface area (Å²) < 4.78 is 1.77. The summed E-state index contributed by atoms with van der Waals surface area (Å²) in [4.78, 5) is 22.5. The summed E-state index contributed by atoms with van der Waals surface area (Å²) >= 11 is 0. The predicted molar refractivity (Wildman–Crippen MR) is 77.1 cm³/mol. The first-order valence-electron chi connectivity index (χ1n) is 6.70. The molecular weight excluding hydrogens is 270 g/mol. The number of aliphatic carboxylic acids is 1. The Balaban J connectivity index is 2.18. The molecule has 0 aliphatic carbocycles. The lowest BCUT2D eigenvalue weighted by Crippen LogP contribution is -2.29. The fraction of sp³-hybridized carbons (Fsp3) is 0.267. The van der Waals surface area contributed by atoms with Crippen molar-refractivity contribution in [2.24, 2.45) is 0 Å². The van der Waals surface area contributed by atoms with E-state index in [1.54, 1.807) is 4.68 Å². The Hall–Kier alpha value is -2.63. The van der Waals surface area contributed by atoms with Gasteiger partial charge in [-0.2, -0.15) is 5.10 Å². The molecule has 6 nitrogen and oxygen atoms in total. The van der Waals surface area contributed by atoms with E-state index in [1.165, 1.54) is 6.20 Å². The van der Waals surface area contributed by atoms with Crippen molar-refractivity contribution in [3.05, 3.63) is 53.3 Å². The van der Waals surface area contributed by atoms with Crippen molar-refractivity contribution in [3.63, 3.8) is 0 Å². The maximum Gasteiger partial charge on any atom is 0.322 e. The van der Waals surface area contributed by atoms with Crippen LogP contribution in [0, 0.1) is 0 Å². The maximum absolute atomic E-state index is 12.0. The average molecular weight is 287 g/mol. The minimum absolute atomic E-state index is 0.397. The van der Waals surface area contributed by atoms with Crippen molar-refractivity contribution in [2.75, 3.05) is 6.54 Å². The van der Waals surface area contributed by atoms with Crippen LogP contribution in [0.25, 0.3) is 0 Å². The first-order chi connectivity index (χ1) is 10.1. The van der Waals surface area contributed by atoms with Gasteiger partial charge in [-0.05, 0) is 12.0 Å². The van der Waals surface area contributed by atoms with Gasteiger partial charge >= 0.3 is 5.97 Å². The van der Waals surface area contributed by atoms with Crippen LogP contribution in [0.2, 0.25) is 0 Å². The summed E-state index contributed by atoms with van der Waals surface area (Å²) in [6, 6.07) is 9.82. The lowest BCUT2D eigenvalue weighted by molar-refractivity contribution is -0.135. The van der Waals surface area contributed by atoms with E-state index in [1.807, 2.05) is 37.3 Å². The van der Waals surface area contributed by atoms with Crippen molar-refractivity contribution < 1.29 is 14.7 Å². The molecule has 1 aromatic heterocycles. The van der Waals surface area contributed by atoms with Gasteiger partial charge in [-0.1, -0.05) is 37.3 Å². The fourth-order valence-electron chi connectivity index (χ4n) is 2.12. The molecule has 1 heterocycles. The Morgan fingerprint density at radius 1 is 1.29 bits per heavy atom. The number of carboxylic acid groups (broad SMARTS) is 1. The lowest BCUT2D eigenvalue weighted by Gasteiger charge is -2.08. The Labute approximate surface area is 122 Å². The Morgan fingerprint density at radius 3 is 2.62 bits per heavy atom. The number of carbonyl (C=O) groups excluding carboxylic acids is 1. The predicted octanol–water partition coefficient (Wildman–Crippen LogP) is 1.31. The summed E-state index contributed by atoms with van der Waals surface area (Å²) in [6.07, 6.45) is 2.13. The van der Waals surface area contributed by atoms with Crippen LogP contribution in [0.1, 0.15) is 28.5 Å². The van der Waals surface area contributed by atoms with Gasteiger partial charge in [0.25, 0.3) is 5.91 Å². The number of hydrogen-bond acceptors (Lipinski definition) is 3. The molecule has 2 rings (SSSR count). The smallest absolute Gasteiger partial charge is 0.322 e. The van der Waals surface area contributed by atoms with Gasteiger partial charge in [0.2, 0.25) is 0 Å². The molecule has 1 amide bonds. The number of hydrogen-bond donors (Lipinski definition) is 2. The zero-order chi connectivity index (χ0) is 15.2. The zero-order valence-corrected chi connectivity index (χ0v) is 11.7. The first kappa shape index (κ1) is 14.8. The molecule has 0 fully saturated rings. The van der Waals surface area contributed by atoms with E-state index in [-0.39, 0.29) is 0 Å². The number of carbonyl (C=O) groups is 2. The number of carboxylic acids is 1. The Bertz CT molecular complexity index is 635. The van der Waals surface area contributed by atoms with Crippen LogP contribution in [0.3, 0.4) is 0 Å². The van der Waals surface area contributed by atoms with Crippen LogP contribution in [0.5, 0.6) is 0 Å². The van der Waals surface area contributed by atoms with Gasteiger partial charge < -0.3 is 10.4 Å². The van der Waals surface area contributed by atoms with Crippen LogP contribution in [0.15, 0.2) is 36.5 Å². The lowest BCUT2D eigenvalue weighted by atomic mass is 10.1. The molecule has 0 atom stereocenters. The van der Waals surface area contributed by atoms with Crippen LogP contribution in [-0.2, 0) is 17.8 Å². The third-order valence-electron chi connectivity index (χ3n) is 3.10. The van der Waals surface area contributed by atoms with Crippen LogP contribution >= 0.6 is 0 Å². The van der Waals surface area contributed by atoms with Gasteiger partial charge in [-0.3, -0.25) is 14.3 Å². The molecule has 0 spiro atoms. The minimum atomic E-state index is -1.07. The molecule has 21 heavy (non-hydrogen) atoms. The molecule has 0 bridgehead atoms. The summed E-state index contributed by atoms with van der Waals surface area (Å²) in [6.45, 7) is 2.12. The third-order valence-corrected chi connectivity index (χ3v) is 3.10. The molecule has 6 heteroatoms. The molecule has 0 unspecified atom stereocenters. The number of nitrogens with zero attached hydrogens (tertiary/aromatic N) is 2. The normalized spacial score (nSPS) is 10.3. The Morgan fingerprint density at radius 2 is 2.00 bits per heavy atom. The van der Waals surface area contributed by atoms with E-state index in [9.17, 15) is 9.59 Å². The van der Waals surface area contributed by atoms with Gasteiger partial charge in [0.05, 0.1) is 24.0 Å². The molecule has 2 aromatic rings. The second kappa shape index (κ2) is 6.69. The highest BCUT2D eigenvalue weighted by atomic mass is 16.4. The monoisotopic (exact) mass is 287 g/mol. The standard InChI is InChI=1S/C15H17N3O3/c1-2-13-12(15(21)16-9-14(19)20)8-17-18(13)10-11-6-4-3-5-7-11/h3-8H,2,9-10H2,1H3,(H,16,21)(H,19,20). The van der Waals surface area contributed by atoms with Crippen molar-refractivity contribution in [3.8, 4) is 0 Å². The van der Waals surface area contributed by atoms with E-state index < -0.39 is 18.4 Å². The van der Waals surface area contributed by atoms with E-state index in [0.29, 0.717) is 18.5 Å². The van der Waals surface area contributed by atoms with E-state index in [0.717, 1.165) is 11.3 Å². The molecule has 1 aromatic carbocycles. The first-order valence-corrected chi connectivity index (χ1v) is 6.70. The highest BCUT2D eigenvalue weighted by molar-refractivity contribution is 5.96. The second-order valence-electron chi connectivity index (χ2n) is 4.58. The van der Waals surface area contributed by atoms with Crippen LogP contribution < -0.4 is 5.32 Å². The van der Waals surface area contributed by atoms with Gasteiger partial charge in [0.1, 0.15) is 6.54 Å². The van der Waals surface area contributed by atoms with Crippen LogP contribution in [0.4, 0.5) is 0 Å². The highest BCUT2D eigenvalue weighted by Gasteiger charge is 2.16. The highest BCUT2D eigenvalue weighted by Crippen LogP contribution is 2.12. The van der Waals surface area contributed by atoms with Gasteiger partial charge in [-0.15, -0.1) is 0 Å². The molecule has 0 aliphatic rings. The maximum atomic E-state index is 12.0. The minimum Gasteiger partial charge on any atom is -0.480 e. The molecule has 110 valence electrons. The second-order valence-corrected chi connectivity index (χ2v) is 4.58. The van der Waals surface area contributed by atoms with Gasteiger partial charge in [-0.25, -0.2) is 0 Å². The largest absolute Gasteiger partial charge is 0.480 e. The number of aromatic nitrogens is 2. The van der Waals surface area contributed by atoms with E-state index in [4.69, 9.17) is 5.11 Å². The quantitative estimate of drug-likeness (QED) is 0.839. The average Bonchev–Trinajstić information content (AvgIpc) is 2.88. The Kier molecular flexibility index (Phi) is 4.71. The van der Waals surface area contributed by atoms with Crippen molar-refractivity contribution in [2.45, 2.75) is 19.9 Å².